The number of piperidine rings is 1. The average Bonchev–Trinajstić information content (AvgIpc) is 3.23. The largest absolute Gasteiger partial charge is 0.366 e. The molecule has 0 unspecified atom stereocenters. The van der Waals surface area contributed by atoms with E-state index in [-0.39, 0.29) is 10.6 Å². The molecule has 1 saturated carbocycles. The van der Waals surface area contributed by atoms with Crippen molar-refractivity contribution in [1.29, 1.82) is 0 Å². The molecular weight excluding hydrogens is 366 g/mol. The van der Waals surface area contributed by atoms with Crippen LogP contribution in [0.5, 0.6) is 0 Å². The van der Waals surface area contributed by atoms with Gasteiger partial charge in [0.25, 0.3) is 5.69 Å². The first kappa shape index (κ1) is 18.7. The Morgan fingerprint density at radius 3 is 2.37 bits per heavy atom. The van der Waals surface area contributed by atoms with E-state index in [1.165, 1.54) is 36.1 Å². The van der Waals surface area contributed by atoms with E-state index in [2.05, 4.69) is 4.90 Å². The van der Waals surface area contributed by atoms with Crippen LogP contribution in [0.1, 0.15) is 44.9 Å². The summed E-state index contributed by atoms with van der Waals surface area (Å²) in [4.78, 5) is 13.4. The Labute approximate surface area is 160 Å². The van der Waals surface area contributed by atoms with Crippen LogP contribution in [0.3, 0.4) is 0 Å². The molecule has 0 amide bonds. The van der Waals surface area contributed by atoms with Crippen LogP contribution in [-0.4, -0.2) is 43.8 Å². The summed E-state index contributed by atoms with van der Waals surface area (Å²) < 4.78 is 27.0. The molecule has 2 aliphatic heterocycles. The van der Waals surface area contributed by atoms with E-state index in [4.69, 9.17) is 0 Å². The predicted molar refractivity (Wildman–Crippen MR) is 103 cm³/mol. The number of hydrogen-bond acceptors (Lipinski definition) is 5. The van der Waals surface area contributed by atoms with Gasteiger partial charge < -0.3 is 4.90 Å². The second kappa shape index (κ2) is 7.39. The van der Waals surface area contributed by atoms with Crippen molar-refractivity contribution in [2.45, 2.75) is 49.8 Å². The molecule has 0 spiro atoms. The lowest BCUT2D eigenvalue weighted by Gasteiger charge is -2.42. The van der Waals surface area contributed by atoms with E-state index >= 15 is 0 Å². The fourth-order valence-corrected chi connectivity index (χ4v) is 6.51. The molecule has 1 aromatic carbocycles. The van der Waals surface area contributed by atoms with Crippen LogP contribution in [0.2, 0.25) is 0 Å². The summed E-state index contributed by atoms with van der Waals surface area (Å²) >= 11 is 0. The monoisotopic (exact) mass is 393 g/mol. The molecule has 0 aromatic heterocycles. The second-order valence-electron chi connectivity index (χ2n) is 8.06. The van der Waals surface area contributed by atoms with Gasteiger partial charge in [-0.1, -0.05) is 19.3 Å². The number of nitro benzene ring substituents is 1. The molecule has 2 atom stereocenters. The molecule has 3 aliphatic rings. The molecule has 3 fully saturated rings. The van der Waals surface area contributed by atoms with Crippen LogP contribution in [0.15, 0.2) is 23.1 Å². The molecule has 2 saturated heterocycles. The van der Waals surface area contributed by atoms with E-state index in [1.54, 1.807) is 12.1 Å². The van der Waals surface area contributed by atoms with Crippen molar-refractivity contribution in [2.24, 2.45) is 11.8 Å². The number of sulfonamides is 1. The summed E-state index contributed by atoms with van der Waals surface area (Å²) in [6, 6.07) is 4.45. The molecule has 27 heavy (non-hydrogen) atoms. The fourth-order valence-electron chi connectivity index (χ4n) is 4.97. The smallest absolute Gasteiger partial charge is 0.293 e. The van der Waals surface area contributed by atoms with Crippen LogP contribution in [0.4, 0.5) is 11.4 Å². The minimum atomic E-state index is -3.65. The molecule has 1 aliphatic carbocycles. The van der Waals surface area contributed by atoms with Crippen molar-refractivity contribution in [3.05, 3.63) is 28.3 Å². The van der Waals surface area contributed by atoms with Crippen LogP contribution >= 0.6 is 0 Å². The topological polar surface area (TPSA) is 83.8 Å². The normalized spacial score (nSPS) is 26.7. The molecule has 0 bridgehead atoms. The van der Waals surface area contributed by atoms with Crippen LogP contribution in [0.25, 0.3) is 0 Å². The quantitative estimate of drug-likeness (QED) is 0.578. The van der Waals surface area contributed by atoms with Crippen molar-refractivity contribution < 1.29 is 13.3 Å². The number of rotatable bonds is 4. The first-order valence-corrected chi connectivity index (χ1v) is 11.4. The SMILES string of the molecule is O=[N+]([O-])c1cc(S(=O)(=O)N2CCCC2)ccc1N1CC[C@H]2CCCC[C@@H]2C1. The summed E-state index contributed by atoms with van der Waals surface area (Å²) in [6.07, 6.45) is 7.75. The molecule has 8 heteroatoms. The Morgan fingerprint density at radius 2 is 1.67 bits per heavy atom. The van der Waals surface area contributed by atoms with Crippen molar-refractivity contribution in [2.75, 3.05) is 31.1 Å². The van der Waals surface area contributed by atoms with Crippen molar-refractivity contribution in [3.63, 3.8) is 0 Å². The highest BCUT2D eigenvalue weighted by Crippen LogP contribution is 2.40. The van der Waals surface area contributed by atoms with E-state index in [0.29, 0.717) is 24.7 Å². The van der Waals surface area contributed by atoms with Crippen LogP contribution in [0, 0.1) is 22.0 Å². The molecule has 7 nitrogen and oxygen atoms in total. The maximum Gasteiger partial charge on any atom is 0.293 e. The van der Waals surface area contributed by atoms with Gasteiger partial charge in [0.05, 0.1) is 9.82 Å². The van der Waals surface area contributed by atoms with E-state index in [9.17, 15) is 18.5 Å². The van der Waals surface area contributed by atoms with Gasteiger partial charge in [-0.05, 0) is 49.7 Å². The van der Waals surface area contributed by atoms with Gasteiger partial charge in [0.15, 0.2) is 0 Å². The third-order valence-electron chi connectivity index (χ3n) is 6.48. The minimum absolute atomic E-state index is 0.0346. The Morgan fingerprint density at radius 1 is 0.963 bits per heavy atom. The Hall–Kier alpha value is -1.67. The third kappa shape index (κ3) is 3.57. The summed E-state index contributed by atoms with van der Waals surface area (Å²) in [6.45, 7) is 2.63. The summed E-state index contributed by atoms with van der Waals surface area (Å²) in [5.74, 6) is 1.34. The summed E-state index contributed by atoms with van der Waals surface area (Å²) in [7, 11) is -3.65. The van der Waals surface area contributed by atoms with Gasteiger partial charge in [0.2, 0.25) is 10.0 Å². The maximum absolute atomic E-state index is 12.8. The highest BCUT2D eigenvalue weighted by atomic mass is 32.2. The lowest BCUT2D eigenvalue weighted by molar-refractivity contribution is -0.384. The van der Waals surface area contributed by atoms with Gasteiger partial charge in [-0.25, -0.2) is 8.42 Å². The van der Waals surface area contributed by atoms with Crippen LogP contribution in [-0.2, 0) is 10.0 Å². The number of anilines is 1. The average molecular weight is 394 g/mol. The predicted octanol–water partition coefficient (Wildman–Crippen LogP) is 3.40. The standard InChI is InChI=1S/C19H27N3O4S/c23-22(24)19-13-17(27(25,26)21-10-3-4-11-21)7-8-18(19)20-12-9-15-5-1-2-6-16(15)14-20/h7-8,13,15-16H,1-6,9-12,14H2/t15-,16-/m1/s1. The van der Waals surface area contributed by atoms with E-state index in [1.807, 2.05) is 0 Å². The zero-order valence-electron chi connectivity index (χ0n) is 15.5. The highest BCUT2D eigenvalue weighted by Gasteiger charge is 2.35. The summed E-state index contributed by atoms with van der Waals surface area (Å²) in [5.41, 5.74) is 0.467. The minimum Gasteiger partial charge on any atom is -0.366 e. The highest BCUT2D eigenvalue weighted by molar-refractivity contribution is 7.89. The molecule has 4 rings (SSSR count). The zero-order valence-corrected chi connectivity index (χ0v) is 16.4. The van der Waals surface area contributed by atoms with Gasteiger partial charge in [-0.15, -0.1) is 0 Å². The van der Waals surface area contributed by atoms with E-state index < -0.39 is 14.9 Å². The first-order chi connectivity index (χ1) is 13.0. The summed E-state index contributed by atoms with van der Waals surface area (Å²) in [5, 5.41) is 11.7. The first-order valence-electron chi connectivity index (χ1n) is 10.0. The van der Waals surface area contributed by atoms with Gasteiger partial charge in [0, 0.05) is 32.2 Å². The van der Waals surface area contributed by atoms with Gasteiger partial charge in [0.1, 0.15) is 5.69 Å². The Kier molecular flexibility index (Phi) is 5.11. The molecule has 2 heterocycles. The fraction of sp³-hybridized carbons (Fsp3) is 0.684. The Balaban J connectivity index is 1.63. The Bertz CT molecular complexity index is 820. The number of nitrogens with zero attached hydrogens (tertiary/aromatic N) is 3. The number of benzene rings is 1. The third-order valence-corrected chi connectivity index (χ3v) is 8.37. The molecular formula is C19H27N3O4S. The number of fused-ring (bicyclic) bond motifs is 1. The molecule has 1 aromatic rings. The van der Waals surface area contributed by atoms with Gasteiger partial charge >= 0.3 is 0 Å². The lowest BCUT2D eigenvalue weighted by Crippen LogP contribution is -2.42. The van der Waals surface area contributed by atoms with Gasteiger partial charge in [-0.2, -0.15) is 4.31 Å². The van der Waals surface area contributed by atoms with E-state index in [0.717, 1.165) is 38.3 Å². The maximum atomic E-state index is 12.8. The number of hydrogen-bond donors (Lipinski definition) is 0. The lowest BCUT2D eigenvalue weighted by atomic mass is 9.75. The van der Waals surface area contributed by atoms with Crippen molar-refractivity contribution >= 4 is 21.4 Å². The van der Waals surface area contributed by atoms with Crippen molar-refractivity contribution in [3.8, 4) is 0 Å². The van der Waals surface area contributed by atoms with Crippen molar-refractivity contribution in [1.82, 2.24) is 4.31 Å². The molecule has 148 valence electrons. The molecule has 0 N–H and O–H groups in total. The van der Waals surface area contributed by atoms with Crippen LogP contribution < -0.4 is 4.90 Å². The number of nitro groups is 1. The second-order valence-corrected chi connectivity index (χ2v) is 10.00. The van der Waals surface area contributed by atoms with Gasteiger partial charge in [-0.3, -0.25) is 10.1 Å². The molecule has 0 radical (unpaired) electrons. The zero-order chi connectivity index (χ0) is 19.0.